The third-order valence-electron chi connectivity index (χ3n) is 9.85. The van der Waals surface area contributed by atoms with Gasteiger partial charge in [0.15, 0.2) is 13.6 Å². The number of aliphatic hydroxyl groups excluding tert-OH is 1. The van der Waals surface area contributed by atoms with Gasteiger partial charge in [-0.2, -0.15) is 0 Å². The van der Waals surface area contributed by atoms with E-state index in [1.54, 1.807) is 0 Å². The molecule has 272 valence electrons. The van der Waals surface area contributed by atoms with Crippen molar-refractivity contribution in [1.29, 1.82) is 0 Å². The quantitative estimate of drug-likeness (QED) is 0.125. The van der Waals surface area contributed by atoms with E-state index in [1.165, 1.54) is 56.9 Å². The first-order valence-electron chi connectivity index (χ1n) is 17.8. The van der Waals surface area contributed by atoms with Crippen LogP contribution < -0.4 is 10.6 Å². The lowest BCUT2D eigenvalue weighted by atomic mass is 9.91. The maximum absolute atomic E-state index is 8.62. The fourth-order valence-corrected chi connectivity index (χ4v) is 12.0. The van der Waals surface area contributed by atoms with Crippen LogP contribution in [-0.4, -0.2) is 106 Å². The van der Waals surface area contributed by atoms with Gasteiger partial charge in [0, 0.05) is 49.4 Å². The highest BCUT2D eigenvalue weighted by atomic mass is 35.7. The van der Waals surface area contributed by atoms with Crippen molar-refractivity contribution >= 4 is 67.4 Å². The Balaban J connectivity index is 0.000000182. The second kappa shape index (κ2) is 21.6. The number of likely N-dealkylation sites (N-methyl/N-ethyl adjacent to an activating group) is 4. The van der Waals surface area contributed by atoms with E-state index in [0.717, 1.165) is 41.9 Å². The summed E-state index contributed by atoms with van der Waals surface area (Å²) in [5.41, 5.74) is 2.25. The Morgan fingerprint density at radius 3 is 1.80 bits per heavy atom. The van der Waals surface area contributed by atoms with Crippen LogP contribution in [0.25, 0.3) is 0 Å². The molecule has 13 heteroatoms. The zero-order valence-electron chi connectivity index (χ0n) is 29.7. The average molecular weight is 767 g/mol. The van der Waals surface area contributed by atoms with Gasteiger partial charge >= 0.3 is 0 Å². The summed E-state index contributed by atoms with van der Waals surface area (Å²) in [4.78, 5) is 1.03. The third kappa shape index (κ3) is 12.4. The SMILES string of the molecule is CN1[C@@H]2CCCC[C@H]2N(C)P1Cl.CN1[C@@H]2CCCC[C@H]2N(C)P1OCCNC(=S)Nc1ccccc1.OCCCC(=S)Cc1ccccc1. The van der Waals surface area contributed by atoms with E-state index in [1.807, 2.05) is 48.5 Å². The number of aliphatic hydroxyl groups is 1. The third-order valence-corrected chi connectivity index (χ3v) is 15.6. The molecule has 0 spiro atoms. The molecule has 2 aromatic rings. The van der Waals surface area contributed by atoms with Gasteiger partial charge in [-0.15, -0.1) is 0 Å². The van der Waals surface area contributed by atoms with Crippen LogP contribution >= 0.6 is 51.7 Å². The van der Waals surface area contributed by atoms with E-state index >= 15 is 0 Å². The molecule has 2 saturated heterocycles. The van der Waals surface area contributed by atoms with E-state index in [2.05, 4.69) is 69.6 Å². The molecule has 2 aromatic carbocycles. The number of fused-ring (bicyclic) bond motifs is 2. The summed E-state index contributed by atoms with van der Waals surface area (Å²) >= 11 is 16.8. The van der Waals surface area contributed by atoms with Crippen molar-refractivity contribution in [1.82, 2.24) is 24.0 Å². The molecule has 2 heterocycles. The summed E-state index contributed by atoms with van der Waals surface area (Å²) in [6.07, 6.45) is 13.3. The van der Waals surface area contributed by atoms with Gasteiger partial charge in [0.25, 0.3) is 0 Å². The Morgan fingerprint density at radius 1 is 0.796 bits per heavy atom. The predicted octanol–water partition coefficient (Wildman–Crippen LogP) is 8.42. The summed E-state index contributed by atoms with van der Waals surface area (Å²) in [7, 11) is 7.64. The van der Waals surface area contributed by atoms with E-state index < -0.39 is 16.0 Å². The topological polar surface area (TPSA) is 66.5 Å². The lowest BCUT2D eigenvalue weighted by molar-refractivity contribution is 0.233. The maximum atomic E-state index is 8.62. The van der Waals surface area contributed by atoms with Crippen molar-refractivity contribution in [3.63, 3.8) is 0 Å². The molecule has 4 atom stereocenters. The Kier molecular flexibility index (Phi) is 18.0. The maximum Gasteiger partial charge on any atom is 0.188 e. The van der Waals surface area contributed by atoms with Crippen LogP contribution in [0.15, 0.2) is 60.7 Å². The van der Waals surface area contributed by atoms with Gasteiger partial charge in [-0.05, 0) is 101 Å². The molecule has 0 radical (unpaired) electrons. The number of nitrogens with one attached hydrogen (secondary N) is 2. The van der Waals surface area contributed by atoms with Gasteiger partial charge in [-0.3, -0.25) is 9.34 Å². The van der Waals surface area contributed by atoms with Crippen LogP contribution in [0.4, 0.5) is 5.69 Å². The summed E-state index contributed by atoms with van der Waals surface area (Å²) < 4.78 is 15.9. The minimum absolute atomic E-state index is 0.231. The molecule has 6 rings (SSSR count). The molecular formula is C36H57ClN6O2P2S2. The number of benzene rings is 2. The number of thiocarbonyl (C=S) groups is 2. The number of hydrogen-bond donors (Lipinski definition) is 3. The normalized spacial score (nSPS) is 24.9. The summed E-state index contributed by atoms with van der Waals surface area (Å²) in [6, 6.07) is 23.0. The highest BCUT2D eigenvalue weighted by molar-refractivity contribution is 7.80. The second-order valence-corrected chi connectivity index (χ2v) is 18.9. The first kappa shape index (κ1) is 40.9. The zero-order chi connectivity index (χ0) is 35.2. The fraction of sp³-hybridized carbons (Fsp3) is 0.611. The van der Waals surface area contributed by atoms with Gasteiger partial charge in [-0.25, -0.2) is 9.34 Å². The van der Waals surface area contributed by atoms with Gasteiger partial charge in [0.05, 0.1) is 6.61 Å². The Labute approximate surface area is 313 Å². The smallest absolute Gasteiger partial charge is 0.188 e. The molecular weight excluding hydrogens is 710 g/mol. The fourth-order valence-electron chi connectivity index (χ4n) is 7.23. The summed E-state index contributed by atoms with van der Waals surface area (Å²) in [5, 5.41) is 15.7. The van der Waals surface area contributed by atoms with E-state index in [4.69, 9.17) is 45.3 Å². The van der Waals surface area contributed by atoms with E-state index in [0.29, 0.717) is 30.3 Å². The summed E-state index contributed by atoms with van der Waals surface area (Å²) in [6.45, 7) is 1.61. The van der Waals surface area contributed by atoms with Crippen LogP contribution in [0, 0.1) is 0 Å². The average Bonchev–Trinajstić information content (AvgIpc) is 3.50. The number of anilines is 1. The van der Waals surface area contributed by atoms with E-state index in [9.17, 15) is 0 Å². The van der Waals surface area contributed by atoms with Gasteiger partial charge < -0.3 is 20.3 Å². The molecule has 0 bridgehead atoms. The van der Waals surface area contributed by atoms with Crippen molar-refractivity contribution in [2.24, 2.45) is 0 Å². The number of halogens is 1. The molecule has 2 aliphatic carbocycles. The molecule has 3 N–H and O–H groups in total. The predicted molar refractivity (Wildman–Crippen MR) is 219 cm³/mol. The molecule has 49 heavy (non-hydrogen) atoms. The molecule has 2 saturated carbocycles. The molecule has 8 nitrogen and oxygen atoms in total. The van der Waals surface area contributed by atoms with Crippen LogP contribution in [0.3, 0.4) is 0 Å². The Morgan fingerprint density at radius 2 is 1.29 bits per heavy atom. The Bertz CT molecular complexity index is 1240. The highest BCUT2D eigenvalue weighted by Gasteiger charge is 2.45. The second-order valence-electron chi connectivity index (χ2n) is 13.2. The molecule has 0 amide bonds. The first-order chi connectivity index (χ1) is 23.7. The summed E-state index contributed by atoms with van der Waals surface area (Å²) in [5.74, 6) is 0. The zero-order valence-corrected chi connectivity index (χ0v) is 33.9. The van der Waals surface area contributed by atoms with Crippen molar-refractivity contribution < 1.29 is 9.63 Å². The monoisotopic (exact) mass is 766 g/mol. The number of rotatable bonds is 10. The van der Waals surface area contributed by atoms with Gasteiger partial charge in [0.2, 0.25) is 0 Å². The van der Waals surface area contributed by atoms with Crippen LogP contribution in [0.2, 0.25) is 0 Å². The molecule has 2 aliphatic heterocycles. The van der Waals surface area contributed by atoms with E-state index in [-0.39, 0.29) is 6.61 Å². The van der Waals surface area contributed by atoms with Gasteiger partial charge in [-0.1, -0.05) is 97.7 Å². The number of hydrogen-bond acceptors (Lipinski definition) is 8. The Hall–Kier alpha value is -0.870. The molecule has 0 unspecified atom stereocenters. The van der Waals surface area contributed by atoms with Crippen LogP contribution in [0.5, 0.6) is 0 Å². The van der Waals surface area contributed by atoms with Crippen LogP contribution in [-0.2, 0) is 10.9 Å². The lowest BCUT2D eigenvalue weighted by Gasteiger charge is -2.29. The minimum Gasteiger partial charge on any atom is -0.396 e. The minimum atomic E-state index is -0.634. The number of para-hydroxylation sites is 1. The van der Waals surface area contributed by atoms with Crippen molar-refractivity contribution in [3.8, 4) is 0 Å². The van der Waals surface area contributed by atoms with Crippen LogP contribution in [0.1, 0.15) is 69.8 Å². The van der Waals surface area contributed by atoms with Gasteiger partial charge in [0.1, 0.15) is 7.58 Å². The lowest BCUT2D eigenvalue weighted by Crippen LogP contribution is -2.37. The highest BCUT2D eigenvalue weighted by Crippen LogP contribution is 2.58. The molecule has 4 fully saturated rings. The van der Waals surface area contributed by atoms with Crippen molar-refractivity contribution in [3.05, 3.63) is 66.2 Å². The largest absolute Gasteiger partial charge is 0.396 e. The van der Waals surface area contributed by atoms with Crippen molar-refractivity contribution in [2.75, 3.05) is 53.3 Å². The van der Waals surface area contributed by atoms with Crippen molar-refractivity contribution in [2.45, 2.75) is 94.8 Å². The standard InChI is InChI=1S/C17H27N4OPS.C11H14OS.C8H16ClN2P/c1-20-15-10-6-7-11-16(15)21(2)23(20)22-13-12-18-17(24)19-14-8-4-3-5-9-14;12-8-4-7-11(13)9-10-5-2-1-3-6-10;1-10-7-5-3-4-6-8(7)11(2)12(10)9/h3-5,8-9,15-16H,6-7,10-13H2,1-2H3,(H2,18,19,24);1-3,5-6,12H,4,7-9H2;7-8H,3-6H2,1-2H3/t15-,16-;;7-,8-/m1.1/s1. The molecule has 4 aliphatic rings. The molecule has 0 aromatic heterocycles. The number of nitrogens with zero attached hydrogens (tertiary/aromatic N) is 4. The first-order valence-corrected chi connectivity index (χ1v) is 21.9.